The molecule has 7 heteroatoms. The number of halogens is 1. The summed E-state index contributed by atoms with van der Waals surface area (Å²) in [7, 11) is 0. The van der Waals surface area contributed by atoms with E-state index in [1.165, 1.54) is 12.1 Å². The Kier molecular flexibility index (Phi) is 4.83. The molecule has 1 aliphatic rings. The number of aryl methyl sites for hydroxylation is 2. The lowest BCUT2D eigenvalue weighted by Gasteiger charge is -2.17. The predicted molar refractivity (Wildman–Crippen MR) is 88.0 cm³/mol. The second-order valence-electron chi connectivity index (χ2n) is 6.35. The van der Waals surface area contributed by atoms with Crippen LogP contribution in [0.5, 0.6) is 0 Å². The third-order valence-electron chi connectivity index (χ3n) is 4.36. The van der Waals surface area contributed by atoms with Crippen molar-refractivity contribution in [1.29, 1.82) is 0 Å². The highest BCUT2D eigenvalue weighted by Crippen LogP contribution is 2.17. The summed E-state index contributed by atoms with van der Waals surface area (Å²) < 4.78 is 18.3. The zero-order valence-electron chi connectivity index (χ0n) is 14.2. The first-order chi connectivity index (χ1) is 11.9. The first kappa shape index (κ1) is 17.1. The molecule has 6 nitrogen and oxygen atoms in total. The highest BCUT2D eigenvalue weighted by Gasteiger charge is 2.30. The summed E-state index contributed by atoms with van der Waals surface area (Å²) in [6.07, 6.45) is 0.429. The number of benzene rings is 1. The van der Waals surface area contributed by atoms with E-state index < -0.39 is 0 Å². The molecule has 1 fully saturated rings. The summed E-state index contributed by atoms with van der Waals surface area (Å²) in [6, 6.07) is 5.94. The van der Waals surface area contributed by atoms with Crippen LogP contribution in [-0.4, -0.2) is 34.5 Å². The largest absolute Gasteiger partial charge is 0.361 e. The molecular formula is C18H20FN3O3. The maximum atomic E-state index is 13.3. The average molecular weight is 345 g/mol. The normalized spacial score (nSPS) is 17.2. The number of hydrogen-bond acceptors (Lipinski definition) is 4. The summed E-state index contributed by atoms with van der Waals surface area (Å²) in [5.74, 6) is 0.0862. The van der Waals surface area contributed by atoms with Gasteiger partial charge in [-0.2, -0.15) is 0 Å². The predicted octanol–water partition coefficient (Wildman–Crippen LogP) is 1.89. The smallest absolute Gasteiger partial charge is 0.225 e. The molecule has 2 aromatic rings. The number of amides is 2. The minimum Gasteiger partial charge on any atom is -0.361 e. The third-order valence-corrected chi connectivity index (χ3v) is 4.36. The highest BCUT2D eigenvalue weighted by molar-refractivity contribution is 5.83. The van der Waals surface area contributed by atoms with E-state index in [-0.39, 0.29) is 36.5 Å². The molecular weight excluding hydrogens is 325 g/mol. The van der Waals surface area contributed by atoms with Crippen molar-refractivity contribution in [1.82, 2.24) is 15.4 Å². The first-order valence-corrected chi connectivity index (χ1v) is 8.15. The van der Waals surface area contributed by atoms with Crippen molar-refractivity contribution in [2.75, 3.05) is 6.54 Å². The van der Waals surface area contributed by atoms with Crippen molar-refractivity contribution in [3.8, 4) is 0 Å². The minimum atomic E-state index is -0.326. The third kappa shape index (κ3) is 4.04. The van der Waals surface area contributed by atoms with Gasteiger partial charge in [-0.25, -0.2) is 4.39 Å². The van der Waals surface area contributed by atoms with E-state index >= 15 is 0 Å². The molecule has 132 valence electrons. The van der Waals surface area contributed by atoms with Crippen LogP contribution >= 0.6 is 0 Å². The van der Waals surface area contributed by atoms with Crippen molar-refractivity contribution in [2.45, 2.75) is 39.3 Å². The maximum absolute atomic E-state index is 13.3. The van der Waals surface area contributed by atoms with Crippen LogP contribution in [-0.2, 0) is 22.6 Å². The van der Waals surface area contributed by atoms with Gasteiger partial charge < -0.3 is 14.7 Å². The number of carbonyl (C=O) groups excluding carboxylic acids is 2. The second kappa shape index (κ2) is 7.04. The summed E-state index contributed by atoms with van der Waals surface area (Å²) >= 11 is 0. The number of hydrogen-bond donors (Lipinski definition) is 1. The maximum Gasteiger partial charge on any atom is 0.225 e. The Morgan fingerprint density at radius 3 is 2.92 bits per heavy atom. The van der Waals surface area contributed by atoms with E-state index in [1.54, 1.807) is 30.9 Å². The van der Waals surface area contributed by atoms with Gasteiger partial charge in [0.25, 0.3) is 0 Å². The van der Waals surface area contributed by atoms with E-state index in [2.05, 4.69) is 10.5 Å². The van der Waals surface area contributed by atoms with Crippen LogP contribution in [0.1, 0.15) is 29.0 Å². The molecule has 0 aliphatic carbocycles. The lowest BCUT2D eigenvalue weighted by atomic mass is 10.1. The van der Waals surface area contributed by atoms with Crippen LogP contribution in [0.3, 0.4) is 0 Å². The van der Waals surface area contributed by atoms with Crippen molar-refractivity contribution in [2.24, 2.45) is 0 Å². The van der Waals surface area contributed by atoms with E-state index in [4.69, 9.17) is 4.52 Å². The zero-order chi connectivity index (χ0) is 18.0. The molecule has 1 aromatic heterocycles. The second-order valence-corrected chi connectivity index (χ2v) is 6.35. The number of nitrogens with one attached hydrogen (secondary N) is 1. The quantitative estimate of drug-likeness (QED) is 0.898. The highest BCUT2D eigenvalue weighted by atomic mass is 19.1. The Morgan fingerprint density at radius 2 is 2.24 bits per heavy atom. The summed E-state index contributed by atoms with van der Waals surface area (Å²) in [5, 5.41) is 6.72. The molecule has 0 radical (unpaired) electrons. The number of carbonyl (C=O) groups is 2. The van der Waals surface area contributed by atoms with Crippen LogP contribution in [0.2, 0.25) is 0 Å². The molecule has 1 atom stereocenters. The van der Waals surface area contributed by atoms with Gasteiger partial charge >= 0.3 is 0 Å². The van der Waals surface area contributed by atoms with Gasteiger partial charge in [0.2, 0.25) is 11.8 Å². The van der Waals surface area contributed by atoms with Crippen molar-refractivity contribution < 1.29 is 18.5 Å². The molecule has 1 saturated heterocycles. The van der Waals surface area contributed by atoms with Crippen molar-refractivity contribution in [3.05, 3.63) is 52.7 Å². The fraction of sp³-hybridized carbons (Fsp3) is 0.389. The molecule has 2 heterocycles. The topological polar surface area (TPSA) is 75.4 Å². The van der Waals surface area contributed by atoms with Crippen LogP contribution in [0.25, 0.3) is 0 Å². The fourth-order valence-corrected chi connectivity index (χ4v) is 3.07. The van der Waals surface area contributed by atoms with E-state index in [1.807, 2.05) is 0 Å². The van der Waals surface area contributed by atoms with Gasteiger partial charge in [-0.05, 0) is 31.5 Å². The van der Waals surface area contributed by atoms with Gasteiger partial charge in [0.1, 0.15) is 11.6 Å². The molecule has 0 spiro atoms. The Hall–Kier alpha value is -2.70. The van der Waals surface area contributed by atoms with Gasteiger partial charge in [0.05, 0.1) is 18.2 Å². The zero-order valence-corrected chi connectivity index (χ0v) is 14.2. The number of aromatic nitrogens is 1. The number of rotatable bonds is 5. The van der Waals surface area contributed by atoms with Crippen LogP contribution in [0.15, 0.2) is 28.8 Å². The molecule has 2 amide bonds. The molecule has 1 N–H and O–H groups in total. The van der Waals surface area contributed by atoms with Crippen LogP contribution in [0, 0.1) is 19.7 Å². The monoisotopic (exact) mass is 345 g/mol. The van der Waals surface area contributed by atoms with Crippen molar-refractivity contribution >= 4 is 11.8 Å². The number of likely N-dealkylation sites (tertiary alicyclic amines) is 1. The average Bonchev–Trinajstić information content (AvgIpc) is 3.04. The summed E-state index contributed by atoms with van der Waals surface area (Å²) in [5.41, 5.74) is 2.21. The summed E-state index contributed by atoms with van der Waals surface area (Å²) in [6.45, 7) is 4.32. The van der Waals surface area contributed by atoms with Gasteiger partial charge in [0.15, 0.2) is 0 Å². The van der Waals surface area contributed by atoms with Gasteiger partial charge in [-0.15, -0.1) is 0 Å². The Balaban J connectivity index is 1.56. The van der Waals surface area contributed by atoms with Crippen LogP contribution in [0.4, 0.5) is 4.39 Å². The number of nitrogens with zero attached hydrogens (tertiary/aromatic N) is 2. The van der Waals surface area contributed by atoms with E-state index in [0.717, 1.165) is 11.1 Å². The van der Waals surface area contributed by atoms with Gasteiger partial charge in [0, 0.05) is 25.1 Å². The van der Waals surface area contributed by atoms with Crippen molar-refractivity contribution in [3.63, 3.8) is 0 Å². The SMILES string of the molecule is Cc1noc(C)c1CC(=O)N[C@@H]1CC(=O)N(Cc2cccc(F)c2)C1. The fourth-order valence-electron chi connectivity index (χ4n) is 3.07. The standard InChI is InChI=1S/C18H20FN3O3/c1-11-16(12(2)25-21-11)8-17(23)20-15-7-18(24)22(10-15)9-13-4-3-5-14(19)6-13/h3-6,15H,7-10H2,1-2H3,(H,20,23)/t15-/m1/s1. The molecule has 25 heavy (non-hydrogen) atoms. The molecule has 0 unspecified atom stereocenters. The Labute approximate surface area is 145 Å². The molecule has 0 saturated carbocycles. The summed E-state index contributed by atoms with van der Waals surface area (Å²) in [4.78, 5) is 26.0. The molecule has 1 aliphatic heterocycles. The van der Waals surface area contributed by atoms with Gasteiger partial charge in [-0.1, -0.05) is 17.3 Å². The lowest BCUT2D eigenvalue weighted by molar-refractivity contribution is -0.128. The van der Waals surface area contributed by atoms with E-state index in [0.29, 0.717) is 24.5 Å². The lowest BCUT2D eigenvalue weighted by Crippen LogP contribution is -2.38. The Bertz CT molecular complexity index is 783. The van der Waals surface area contributed by atoms with Crippen LogP contribution < -0.4 is 5.32 Å². The molecule has 3 rings (SSSR count). The molecule has 0 bridgehead atoms. The van der Waals surface area contributed by atoms with Gasteiger partial charge in [-0.3, -0.25) is 9.59 Å². The van der Waals surface area contributed by atoms with E-state index in [9.17, 15) is 14.0 Å². The Morgan fingerprint density at radius 1 is 1.44 bits per heavy atom. The molecule has 1 aromatic carbocycles. The first-order valence-electron chi connectivity index (χ1n) is 8.15. The minimum absolute atomic E-state index is 0.0492.